The first-order valence-electron chi connectivity index (χ1n) is 7.68. The maximum atomic E-state index is 12.5. The van der Waals surface area contributed by atoms with Crippen molar-refractivity contribution >= 4 is 18.3 Å². The van der Waals surface area contributed by atoms with Crippen LogP contribution in [0.15, 0.2) is 24.3 Å². The predicted molar refractivity (Wildman–Crippen MR) is 85.3 cm³/mol. The molecule has 3 rings (SSSR count). The van der Waals surface area contributed by atoms with Crippen molar-refractivity contribution in [3.63, 3.8) is 0 Å². The summed E-state index contributed by atoms with van der Waals surface area (Å²) in [6.07, 6.45) is 2.05. The second kappa shape index (κ2) is 7.93. The third kappa shape index (κ3) is 4.32. The van der Waals surface area contributed by atoms with E-state index in [1.54, 1.807) is 12.1 Å². The summed E-state index contributed by atoms with van der Waals surface area (Å²) in [5, 5.41) is 3.41. The van der Waals surface area contributed by atoms with Crippen LogP contribution in [-0.2, 0) is 0 Å². The fraction of sp³-hybridized carbons (Fsp3) is 0.562. The van der Waals surface area contributed by atoms with Crippen LogP contribution in [0, 0.1) is 11.8 Å². The molecule has 1 amide bonds. The Morgan fingerprint density at radius 3 is 2.22 bits per heavy atom. The van der Waals surface area contributed by atoms with Gasteiger partial charge >= 0.3 is 6.61 Å². The molecule has 0 aliphatic carbocycles. The fourth-order valence-electron chi connectivity index (χ4n) is 3.38. The van der Waals surface area contributed by atoms with Crippen LogP contribution in [0.4, 0.5) is 8.78 Å². The molecule has 2 fully saturated rings. The number of nitrogens with zero attached hydrogens (tertiary/aromatic N) is 1. The van der Waals surface area contributed by atoms with Crippen LogP contribution in [0.2, 0.25) is 0 Å². The number of hydrogen-bond donors (Lipinski definition) is 1. The molecule has 0 bridgehead atoms. The molecule has 2 atom stereocenters. The zero-order chi connectivity index (χ0) is 15.5. The van der Waals surface area contributed by atoms with E-state index < -0.39 is 6.61 Å². The highest BCUT2D eigenvalue weighted by Gasteiger charge is 2.31. The third-order valence-corrected chi connectivity index (χ3v) is 4.63. The Hall–Kier alpha value is -1.40. The van der Waals surface area contributed by atoms with E-state index in [-0.39, 0.29) is 24.1 Å². The number of carbonyl (C=O) groups excluding carboxylic acids is 1. The van der Waals surface area contributed by atoms with Gasteiger partial charge in [-0.15, -0.1) is 12.4 Å². The second-order valence-electron chi connectivity index (χ2n) is 5.95. The summed E-state index contributed by atoms with van der Waals surface area (Å²) in [6, 6.07) is 5.92. The number of likely N-dealkylation sites (tertiary alicyclic amines) is 1. The zero-order valence-corrected chi connectivity index (χ0v) is 13.5. The first-order chi connectivity index (χ1) is 10.6. The molecule has 2 aliphatic heterocycles. The molecule has 0 unspecified atom stereocenters. The molecule has 2 aliphatic rings. The molecule has 0 aromatic heterocycles. The van der Waals surface area contributed by atoms with Crippen molar-refractivity contribution < 1.29 is 18.3 Å². The average molecular weight is 347 g/mol. The van der Waals surface area contributed by atoms with Crippen LogP contribution in [0.25, 0.3) is 0 Å². The van der Waals surface area contributed by atoms with E-state index in [0.29, 0.717) is 17.4 Å². The van der Waals surface area contributed by atoms with E-state index >= 15 is 0 Å². The lowest BCUT2D eigenvalue weighted by molar-refractivity contribution is -0.0498. The minimum absolute atomic E-state index is 0. The van der Waals surface area contributed by atoms with Gasteiger partial charge in [0.2, 0.25) is 0 Å². The summed E-state index contributed by atoms with van der Waals surface area (Å²) < 4.78 is 28.6. The van der Waals surface area contributed by atoms with Gasteiger partial charge in [-0.25, -0.2) is 0 Å². The molecule has 0 spiro atoms. The van der Waals surface area contributed by atoms with Crippen molar-refractivity contribution in [1.82, 2.24) is 10.2 Å². The SMILES string of the molecule is Cl.O=C(c1ccc(OC(F)F)cc1)N1CC[C@@H]2CNC[C@@H]2CC1. The Bertz CT molecular complexity index is 513. The second-order valence-corrected chi connectivity index (χ2v) is 5.95. The molecule has 0 radical (unpaired) electrons. The number of hydrogen-bond acceptors (Lipinski definition) is 3. The monoisotopic (exact) mass is 346 g/mol. The lowest BCUT2D eigenvalue weighted by atomic mass is 9.92. The van der Waals surface area contributed by atoms with E-state index in [4.69, 9.17) is 0 Å². The Labute approximate surface area is 140 Å². The van der Waals surface area contributed by atoms with Gasteiger partial charge in [-0.05, 0) is 62.0 Å². The van der Waals surface area contributed by atoms with Gasteiger partial charge < -0.3 is 15.0 Å². The highest BCUT2D eigenvalue weighted by Crippen LogP contribution is 2.27. The predicted octanol–water partition coefficient (Wildman–Crippen LogP) is 2.78. The molecule has 23 heavy (non-hydrogen) atoms. The summed E-state index contributed by atoms with van der Waals surface area (Å²) in [5.41, 5.74) is 0.520. The molecule has 0 saturated carbocycles. The van der Waals surface area contributed by atoms with E-state index in [2.05, 4.69) is 10.1 Å². The molecular weight excluding hydrogens is 326 g/mol. The molecular formula is C16H21ClF2N2O2. The van der Waals surface area contributed by atoms with Crippen LogP contribution in [0.5, 0.6) is 5.75 Å². The van der Waals surface area contributed by atoms with Gasteiger partial charge in [-0.2, -0.15) is 8.78 Å². The Morgan fingerprint density at radius 1 is 1.13 bits per heavy atom. The van der Waals surface area contributed by atoms with Crippen molar-refractivity contribution in [1.29, 1.82) is 0 Å². The topological polar surface area (TPSA) is 41.6 Å². The minimum Gasteiger partial charge on any atom is -0.435 e. The van der Waals surface area contributed by atoms with Crippen LogP contribution in [0.3, 0.4) is 0 Å². The third-order valence-electron chi connectivity index (χ3n) is 4.63. The number of nitrogens with one attached hydrogen (secondary N) is 1. The largest absolute Gasteiger partial charge is 0.435 e. The van der Waals surface area contributed by atoms with Gasteiger partial charge in [-0.3, -0.25) is 4.79 Å². The summed E-state index contributed by atoms with van der Waals surface area (Å²) in [5.74, 6) is 1.37. The molecule has 1 aromatic carbocycles. The van der Waals surface area contributed by atoms with Crippen molar-refractivity contribution in [3.05, 3.63) is 29.8 Å². The summed E-state index contributed by atoms with van der Waals surface area (Å²) in [4.78, 5) is 14.4. The van der Waals surface area contributed by atoms with Crippen LogP contribution in [-0.4, -0.2) is 43.6 Å². The number of alkyl halides is 2. The van der Waals surface area contributed by atoms with E-state index in [1.807, 2.05) is 4.90 Å². The quantitative estimate of drug-likeness (QED) is 0.915. The molecule has 128 valence electrons. The number of carbonyl (C=O) groups is 1. The number of fused-ring (bicyclic) bond motifs is 1. The van der Waals surface area contributed by atoms with Gasteiger partial charge in [0.05, 0.1) is 0 Å². The van der Waals surface area contributed by atoms with Crippen LogP contribution in [0.1, 0.15) is 23.2 Å². The lowest BCUT2D eigenvalue weighted by Gasteiger charge is -2.21. The number of rotatable bonds is 3. The Balaban J connectivity index is 0.00000192. The number of halogens is 3. The molecule has 2 saturated heterocycles. The van der Waals surface area contributed by atoms with Crippen molar-refractivity contribution in [2.75, 3.05) is 26.2 Å². The number of amides is 1. The van der Waals surface area contributed by atoms with E-state index in [0.717, 1.165) is 39.0 Å². The minimum atomic E-state index is -2.85. The maximum Gasteiger partial charge on any atom is 0.387 e. The lowest BCUT2D eigenvalue weighted by Crippen LogP contribution is -2.32. The highest BCUT2D eigenvalue weighted by molar-refractivity contribution is 5.94. The molecule has 1 aromatic rings. The fourth-order valence-corrected chi connectivity index (χ4v) is 3.38. The first-order valence-corrected chi connectivity index (χ1v) is 7.68. The molecule has 2 heterocycles. The molecule has 1 N–H and O–H groups in total. The van der Waals surface area contributed by atoms with Gasteiger partial charge in [-0.1, -0.05) is 0 Å². The normalized spacial score (nSPS) is 23.9. The van der Waals surface area contributed by atoms with Gasteiger partial charge in [0, 0.05) is 18.7 Å². The maximum absolute atomic E-state index is 12.5. The first kappa shape index (κ1) is 17.9. The zero-order valence-electron chi connectivity index (χ0n) is 12.7. The van der Waals surface area contributed by atoms with Crippen LogP contribution < -0.4 is 10.1 Å². The highest BCUT2D eigenvalue weighted by atomic mass is 35.5. The average Bonchev–Trinajstić information content (AvgIpc) is 2.85. The van der Waals surface area contributed by atoms with Crippen molar-refractivity contribution in [2.24, 2.45) is 11.8 Å². The smallest absolute Gasteiger partial charge is 0.387 e. The molecule has 4 nitrogen and oxygen atoms in total. The number of benzene rings is 1. The van der Waals surface area contributed by atoms with Crippen LogP contribution >= 0.6 is 12.4 Å². The van der Waals surface area contributed by atoms with Crippen molar-refractivity contribution in [2.45, 2.75) is 19.5 Å². The number of ether oxygens (including phenoxy) is 1. The van der Waals surface area contributed by atoms with Crippen molar-refractivity contribution in [3.8, 4) is 5.75 Å². The standard InChI is InChI=1S/C16H20F2N2O2.ClH/c17-16(18)22-14-3-1-11(2-4-14)15(21)20-7-5-12-9-19-10-13(12)6-8-20;/h1-4,12-13,16,19H,5-10H2;1H/t12-,13+;. The van der Waals surface area contributed by atoms with Gasteiger partial charge in [0.1, 0.15) is 5.75 Å². The molecule has 7 heteroatoms. The van der Waals surface area contributed by atoms with Gasteiger partial charge in [0.15, 0.2) is 0 Å². The Kier molecular flexibility index (Phi) is 6.18. The van der Waals surface area contributed by atoms with E-state index in [9.17, 15) is 13.6 Å². The van der Waals surface area contributed by atoms with Gasteiger partial charge in [0.25, 0.3) is 5.91 Å². The summed E-state index contributed by atoms with van der Waals surface area (Å²) in [6.45, 7) is 0.771. The Morgan fingerprint density at radius 2 is 1.70 bits per heavy atom. The summed E-state index contributed by atoms with van der Waals surface area (Å²) >= 11 is 0. The van der Waals surface area contributed by atoms with E-state index in [1.165, 1.54) is 12.1 Å². The summed E-state index contributed by atoms with van der Waals surface area (Å²) in [7, 11) is 0.